The zero-order chi connectivity index (χ0) is 13.7. The molecular formula is C12H17N3O2S. The lowest BCUT2D eigenvalue weighted by Gasteiger charge is -2.13. The maximum absolute atomic E-state index is 11.0. The average Bonchev–Trinajstić information content (AvgIpc) is 2.27. The van der Waals surface area contributed by atoms with Crippen LogP contribution in [0.25, 0.3) is 0 Å². The van der Waals surface area contributed by atoms with Gasteiger partial charge in [0, 0.05) is 23.6 Å². The van der Waals surface area contributed by atoms with Crippen molar-refractivity contribution in [3.63, 3.8) is 0 Å². The zero-order valence-electron chi connectivity index (χ0n) is 10.7. The Bertz CT molecular complexity index is 475. The molecule has 1 aromatic heterocycles. The molecule has 0 bridgehead atoms. The van der Waals surface area contributed by atoms with Crippen molar-refractivity contribution in [3.8, 4) is 0 Å². The highest BCUT2D eigenvalue weighted by Gasteiger charge is 2.11. The normalized spacial score (nSPS) is 9.94. The first-order valence-corrected chi connectivity index (χ1v) is 5.95. The third-order valence-electron chi connectivity index (χ3n) is 2.45. The summed E-state index contributed by atoms with van der Waals surface area (Å²) in [6, 6.07) is 1.86. The van der Waals surface area contributed by atoms with E-state index in [1.807, 2.05) is 19.9 Å². The minimum Gasteiger partial charge on any atom is -0.469 e. The molecule has 0 radical (unpaired) electrons. The largest absolute Gasteiger partial charge is 0.469 e. The molecule has 0 saturated heterocycles. The van der Waals surface area contributed by atoms with Crippen LogP contribution in [0.15, 0.2) is 6.07 Å². The maximum atomic E-state index is 11.0. The molecule has 0 aliphatic carbocycles. The predicted octanol–water partition coefficient (Wildman–Crippen LogP) is 1.31. The molecule has 0 atom stereocenters. The number of aryl methyl sites for hydroxylation is 2. The van der Waals surface area contributed by atoms with Gasteiger partial charge in [-0.15, -0.1) is 0 Å². The number of pyridine rings is 1. The van der Waals surface area contributed by atoms with Crippen LogP contribution in [0.4, 0.5) is 5.69 Å². The quantitative estimate of drug-likeness (QED) is 0.618. The molecule has 18 heavy (non-hydrogen) atoms. The van der Waals surface area contributed by atoms with Gasteiger partial charge < -0.3 is 15.8 Å². The number of nitrogens with zero attached hydrogens (tertiary/aromatic N) is 1. The molecule has 0 aliphatic heterocycles. The maximum Gasteiger partial charge on any atom is 0.307 e. The van der Waals surface area contributed by atoms with E-state index < -0.39 is 0 Å². The van der Waals surface area contributed by atoms with Crippen molar-refractivity contribution in [2.75, 3.05) is 19.0 Å². The number of methoxy groups -OCH3 is 1. The highest BCUT2D eigenvalue weighted by molar-refractivity contribution is 7.80. The molecule has 0 unspecified atom stereocenters. The average molecular weight is 267 g/mol. The highest BCUT2D eigenvalue weighted by Crippen LogP contribution is 2.19. The fourth-order valence-corrected chi connectivity index (χ4v) is 1.94. The van der Waals surface area contributed by atoms with E-state index in [1.54, 1.807) is 0 Å². The molecule has 98 valence electrons. The lowest BCUT2D eigenvalue weighted by Crippen LogP contribution is -2.18. The Kier molecular flexibility index (Phi) is 5.03. The number of anilines is 1. The predicted molar refractivity (Wildman–Crippen MR) is 74.7 cm³/mol. The smallest absolute Gasteiger partial charge is 0.307 e. The number of carbonyl (C=O) groups excluding carboxylic acids is 1. The van der Waals surface area contributed by atoms with E-state index in [2.05, 4.69) is 15.0 Å². The lowest BCUT2D eigenvalue weighted by atomic mass is 10.1. The Balaban J connectivity index is 2.87. The van der Waals surface area contributed by atoms with Crippen molar-refractivity contribution >= 4 is 28.9 Å². The fourth-order valence-electron chi connectivity index (χ4n) is 1.68. The molecule has 1 rings (SSSR count). The van der Waals surface area contributed by atoms with Gasteiger partial charge >= 0.3 is 5.97 Å². The van der Waals surface area contributed by atoms with Crippen LogP contribution >= 0.6 is 12.2 Å². The second-order valence-corrected chi connectivity index (χ2v) is 4.33. The number of nitrogens with one attached hydrogen (secondary N) is 1. The second kappa shape index (κ2) is 6.30. The van der Waals surface area contributed by atoms with Crippen molar-refractivity contribution in [1.82, 2.24) is 4.98 Å². The number of thiocarbonyl (C=S) groups is 1. The standard InChI is InChI=1S/C12H17N3O2S/c1-7-6-9(14-5-4-10(16)17-3)11(12(13)18)8(2)15-7/h6H,4-5H2,1-3H3,(H2,13,18)(H,14,15). The summed E-state index contributed by atoms with van der Waals surface area (Å²) in [5.74, 6) is -0.262. The molecule has 6 heteroatoms. The molecule has 1 heterocycles. The van der Waals surface area contributed by atoms with E-state index in [4.69, 9.17) is 18.0 Å². The van der Waals surface area contributed by atoms with E-state index in [0.29, 0.717) is 11.5 Å². The van der Waals surface area contributed by atoms with Crippen molar-refractivity contribution < 1.29 is 9.53 Å². The van der Waals surface area contributed by atoms with Crippen LogP contribution in [-0.2, 0) is 9.53 Å². The summed E-state index contributed by atoms with van der Waals surface area (Å²) in [5.41, 5.74) is 8.86. The lowest BCUT2D eigenvalue weighted by molar-refractivity contribution is -0.140. The Labute approximate surface area is 112 Å². The van der Waals surface area contributed by atoms with Crippen LogP contribution in [0.3, 0.4) is 0 Å². The number of hydrogen-bond acceptors (Lipinski definition) is 5. The van der Waals surface area contributed by atoms with Gasteiger partial charge in [-0.3, -0.25) is 9.78 Å². The third kappa shape index (κ3) is 3.66. The Hall–Kier alpha value is -1.69. The Morgan fingerprint density at radius 1 is 1.56 bits per heavy atom. The van der Waals surface area contributed by atoms with Crippen molar-refractivity contribution in [3.05, 3.63) is 23.0 Å². The number of carbonyl (C=O) groups is 1. The van der Waals surface area contributed by atoms with E-state index in [-0.39, 0.29) is 12.4 Å². The van der Waals surface area contributed by atoms with Crippen molar-refractivity contribution in [2.45, 2.75) is 20.3 Å². The summed E-state index contributed by atoms with van der Waals surface area (Å²) in [4.78, 5) is 15.6. The van der Waals surface area contributed by atoms with Gasteiger partial charge in [-0.25, -0.2) is 0 Å². The van der Waals surface area contributed by atoms with Crippen molar-refractivity contribution in [2.24, 2.45) is 5.73 Å². The van der Waals surface area contributed by atoms with Crippen LogP contribution in [-0.4, -0.2) is 29.6 Å². The van der Waals surface area contributed by atoms with E-state index >= 15 is 0 Å². The van der Waals surface area contributed by atoms with Crippen LogP contribution in [0.1, 0.15) is 23.4 Å². The SMILES string of the molecule is COC(=O)CCNc1cc(C)nc(C)c1C(N)=S. The van der Waals surface area contributed by atoms with Crippen molar-refractivity contribution in [1.29, 1.82) is 0 Å². The molecule has 0 amide bonds. The first kappa shape index (κ1) is 14.4. The van der Waals surface area contributed by atoms with Gasteiger partial charge in [0.25, 0.3) is 0 Å². The number of esters is 1. The number of rotatable bonds is 5. The van der Waals surface area contributed by atoms with Gasteiger partial charge in [0.05, 0.1) is 19.1 Å². The summed E-state index contributed by atoms with van der Waals surface area (Å²) >= 11 is 5.01. The summed E-state index contributed by atoms with van der Waals surface area (Å²) in [7, 11) is 1.36. The molecule has 0 aromatic carbocycles. The number of aromatic nitrogens is 1. The van der Waals surface area contributed by atoms with Gasteiger partial charge in [-0.05, 0) is 19.9 Å². The monoisotopic (exact) mass is 267 g/mol. The topological polar surface area (TPSA) is 77.2 Å². The third-order valence-corrected chi connectivity index (χ3v) is 2.65. The Morgan fingerprint density at radius 2 is 2.22 bits per heavy atom. The molecule has 3 N–H and O–H groups in total. The Morgan fingerprint density at radius 3 is 2.78 bits per heavy atom. The van der Waals surface area contributed by atoms with Crippen LogP contribution < -0.4 is 11.1 Å². The highest BCUT2D eigenvalue weighted by atomic mass is 32.1. The van der Waals surface area contributed by atoms with E-state index in [0.717, 1.165) is 22.6 Å². The molecule has 0 saturated carbocycles. The molecule has 0 fully saturated rings. The molecular weight excluding hydrogens is 250 g/mol. The minimum absolute atomic E-state index is 0.262. The minimum atomic E-state index is -0.262. The van der Waals surface area contributed by atoms with Gasteiger partial charge in [0.2, 0.25) is 0 Å². The number of ether oxygens (including phenoxy) is 1. The molecule has 1 aromatic rings. The molecule has 0 aliphatic rings. The summed E-state index contributed by atoms with van der Waals surface area (Å²) in [6.45, 7) is 4.21. The van der Waals surface area contributed by atoms with E-state index in [1.165, 1.54) is 7.11 Å². The summed E-state index contributed by atoms with van der Waals surface area (Å²) in [5, 5.41) is 3.13. The number of nitrogens with two attached hydrogens (primary N) is 1. The van der Waals surface area contributed by atoms with Crippen LogP contribution in [0.2, 0.25) is 0 Å². The zero-order valence-corrected chi connectivity index (χ0v) is 11.6. The van der Waals surface area contributed by atoms with Gasteiger partial charge in [0.15, 0.2) is 0 Å². The van der Waals surface area contributed by atoms with Gasteiger partial charge in [-0.1, -0.05) is 12.2 Å². The first-order chi connectivity index (χ1) is 8.45. The number of hydrogen-bond donors (Lipinski definition) is 2. The van der Waals surface area contributed by atoms with Gasteiger partial charge in [-0.2, -0.15) is 0 Å². The second-order valence-electron chi connectivity index (χ2n) is 3.89. The first-order valence-electron chi connectivity index (χ1n) is 5.54. The van der Waals surface area contributed by atoms with Crippen LogP contribution in [0.5, 0.6) is 0 Å². The summed E-state index contributed by atoms with van der Waals surface area (Å²) in [6.07, 6.45) is 0.285. The summed E-state index contributed by atoms with van der Waals surface area (Å²) < 4.78 is 4.57. The van der Waals surface area contributed by atoms with Crippen LogP contribution in [0, 0.1) is 13.8 Å². The van der Waals surface area contributed by atoms with E-state index in [9.17, 15) is 4.79 Å². The fraction of sp³-hybridized carbons (Fsp3) is 0.417. The molecule has 0 spiro atoms. The van der Waals surface area contributed by atoms with Gasteiger partial charge in [0.1, 0.15) is 4.99 Å². The molecule has 5 nitrogen and oxygen atoms in total.